The third-order valence-corrected chi connectivity index (χ3v) is 5.32. The summed E-state index contributed by atoms with van der Waals surface area (Å²) in [5, 5.41) is 5.65. The third-order valence-electron chi connectivity index (χ3n) is 3.19. The monoisotopic (exact) mass is 363 g/mol. The molecule has 0 aliphatic rings. The lowest BCUT2D eigenvalue weighted by molar-refractivity contribution is -0.142. The first kappa shape index (κ1) is 16.2. The topological polar surface area (TPSA) is 39.2 Å². The smallest absolute Gasteiger partial charge is 0.311 e. The number of aromatic nitrogens is 1. The normalized spacial score (nSPS) is 10.7. The van der Waals surface area contributed by atoms with Crippen LogP contribution in [0, 0.1) is 0 Å². The Bertz CT molecular complexity index is 795. The maximum Gasteiger partial charge on any atom is 0.311 e. The molecule has 23 heavy (non-hydrogen) atoms. The molecule has 0 bridgehead atoms. The second-order valence-electron chi connectivity index (χ2n) is 4.80. The largest absolute Gasteiger partial charge is 0.466 e. The summed E-state index contributed by atoms with van der Waals surface area (Å²) in [5.41, 5.74) is 2.84. The molecule has 0 amide bonds. The Morgan fingerprint density at radius 3 is 2.65 bits per heavy atom. The SMILES string of the molecule is CCOC(=O)Cc1nc(-c2ccc(Cl)cc2)sc1-c1ccsc1. The maximum atomic E-state index is 11.9. The van der Waals surface area contributed by atoms with Gasteiger partial charge in [-0.3, -0.25) is 4.79 Å². The van der Waals surface area contributed by atoms with Crippen molar-refractivity contribution in [3.63, 3.8) is 0 Å². The molecule has 3 aromatic rings. The van der Waals surface area contributed by atoms with Gasteiger partial charge in [0.25, 0.3) is 0 Å². The Morgan fingerprint density at radius 1 is 1.22 bits per heavy atom. The van der Waals surface area contributed by atoms with E-state index in [4.69, 9.17) is 16.3 Å². The van der Waals surface area contributed by atoms with Gasteiger partial charge < -0.3 is 4.74 Å². The molecule has 2 heterocycles. The van der Waals surface area contributed by atoms with Gasteiger partial charge in [-0.2, -0.15) is 11.3 Å². The van der Waals surface area contributed by atoms with Gasteiger partial charge >= 0.3 is 5.97 Å². The van der Waals surface area contributed by atoms with Gasteiger partial charge in [0.2, 0.25) is 0 Å². The van der Waals surface area contributed by atoms with E-state index in [-0.39, 0.29) is 12.4 Å². The van der Waals surface area contributed by atoms with E-state index in [0.29, 0.717) is 11.6 Å². The second kappa shape index (κ2) is 7.25. The number of nitrogens with zero attached hydrogens (tertiary/aromatic N) is 1. The van der Waals surface area contributed by atoms with Crippen molar-refractivity contribution in [2.75, 3.05) is 6.61 Å². The number of carbonyl (C=O) groups is 1. The van der Waals surface area contributed by atoms with Gasteiger partial charge in [-0.1, -0.05) is 23.7 Å². The van der Waals surface area contributed by atoms with E-state index in [1.165, 1.54) is 0 Å². The van der Waals surface area contributed by atoms with Crippen molar-refractivity contribution in [3.05, 3.63) is 51.8 Å². The third kappa shape index (κ3) is 3.80. The quantitative estimate of drug-likeness (QED) is 0.577. The van der Waals surface area contributed by atoms with Gasteiger partial charge in [0.05, 0.1) is 23.6 Å². The molecule has 0 atom stereocenters. The van der Waals surface area contributed by atoms with Crippen molar-refractivity contribution in [1.29, 1.82) is 0 Å². The van der Waals surface area contributed by atoms with Gasteiger partial charge in [0, 0.05) is 16.1 Å². The first-order valence-corrected chi connectivity index (χ1v) is 9.25. The minimum Gasteiger partial charge on any atom is -0.466 e. The first-order chi connectivity index (χ1) is 11.2. The summed E-state index contributed by atoms with van der Waals surface area (Å²) < 4.78 is 5.06. The molecule has 2 aromatic heterocycles. The van der Waals surface area contributed by atoms with Gasteiger partial charge in [-0.05, 0) is 35.9 Å². The van der Waals surface area contributed by atoms with Crippen LogP contribution in [0.2, 0.25) is 5.02 Å². The predicted molar refractivity (Wildman–Crippen MR) is 96.2 cm³/mol. The molecule has 6 heteroatoms. The molecule has 0 fully saturated rings. The summed E-state index contributed by atoms with van der Waals surface area (Å²) in [4.78, 5) is 17.5. The molecule has 0 aliphatic carbocycles. The molecular weight excluding hydrogens is 350 g/mol. The van der Waals surface area contributed by atoms with Gasteiger partial charge in [-0.15, -0.1) is 11.3 Å². The van der Waals surface area contributed by atoms with Crippen LogP contribution >= 0.6 is 34.3 Å². The fraction of sp³-hybridized carbons (Fsp3) is 0.176. The highest BCUT2D eigenvalue weighted by atomic mass is 35.5. The molecule has 0 aliphatic heterocycles. The fourth-order valence-corrected chi connectivity index (χ4v) is 4.09. The van der Waals surface area contributed by atoms with Crippen molar-refractivity contribution in [3.8, 4) is 21.0 Å². The molecule has 3 rings (SSSR count). The number of thiazole rings is 1. The number of esters is 1. The van der Waals surface area contributed by atoms with Crippen molar-refractivity contribution >= 4 is 40.2 Å². The van der Waals surface area contributed by atoms with Gasteiger partial charge in [0.15, 0.2) is 0 Å². The highest BCUT2D eigenvalue weighted by molar-refractivity contribution is 7.19. The highest BCUT2D eigenvalue weighted by Crippen LogP contribution is 2.37. The molecule has 0 saturated carbocycles. The van der Waals surface area contributed by atoms with Crippen LogP contribution in [0.3, 0.4) is 0 Å². The number of benzene rings is 1. The summed E-state index contributed by atoms with van der Waals surface area (Å²) in [6.07, 6.45) is 0.184. The summed E-state index contributed by atoms with van der Waals surface area (Å²) in [5.74, 6) is -0.253. The number of hydrogen-bond acceptors (Lipinski definition) is 5. The van der Waals surface area contributed by atoms with E-state index in [1.54, 1.807) is 29.6 Å². The Morgan fingerprint density at radius 2 is 2.00 bits per heavy atom. The van der Waals surface area contributed by atoms with Crippen LogP contribution in [-0.4, -0.2) is 17.6 Å². The summed E-state index contributed by atoms with van der Waals surface area (Å²) in [6.45, 7) is 2.18. The average molecular weight is 364 g/mol. The van der Waals surface area contributed by atoms with Crippen LogP contribution in [0.4, 0.5) is 0 Å². The van der Waals surface area contributed by atoms with Crippen LogP contribution in [-0.2, 0) is 16.0 Å². The van der Waals surface area contributed by atoms with Gasteiger partial charge in [-0.25, -0.2) is 4.98 Å². The predicted octanol–water partition coefficient (Wildman–Crippen LogP) is 5.30. The van der Waals surface area contributed by atoms with Crippen molar-refractivity contribution in [1.82, 2.24) is 4.98 Å². The Kier molecular flexibility index (Phi) is 5.10. The van der Waals surface area contributed by atoms with Crippen molar-refractivity contribution in [2.45, 2.75) is 13.3 Å². The number of halogens is 1. The summed E-state index contributed by atoms with van der Waals surface area (Å²) in [7, 11) is 0. The minimum absolute atomic E-state index is 0.184. The maximum absolute atomic E-state index is 11.9. The zero-order chi connectivity index (χ0) is 16.2. The van der Waals surface area contributed by atoms with Crippen LogP contribution in [0.1, 0.15) is 12.6 Å². The number of carbonyl (C=O) groups excluding carboxylic acids is 1. The molecule has 0 N–H and O–H groups in total. The first-order valence-electron chi connectivity index (χ1n) is 7.11. The number of rotatable bonds is 5. The second-order valence-corrected chi connectivity index (χ2v) is 7.01. The lowest BCUT2D eigenvalue weighted by atomic mass is 10.2. The molecule has 3 nitrogen and oxygen atoms in total. The fourth-order valence-electron chi connectivity index (χ4n) is 2.16. The van der Waals surface area contributed by atoms with Crippen LogP contribution < -0.4 is 0 Å². The van der Waals surface area contributed by atoms with Crippen molar-refractivity contribution in [2.24, 2.45) is 0 Å². The Balaban J connectivity index is 1.99. The van der Waals surface area contributed by atoms with E-state index < -0.39 is 0 Å². The Hall–Kier alpha value is -1.69. The summed E-state index contributed by atoms with van der Waals surface area (Å²) >= 11 is 9.15. The van der Waals surface area contributed by atoms with Crippen LogP contribution in [0.25, 0.3) is 21.0 Å². The molecule has 1 aromatic carbocycles. The molecule has 0 saturated heterocycles. The average Bonchev–Trinajstić information content (AvgIpc) is 3.17. The molecule has 0 unspecified atom stereocenters. The molecule has 118 valence electrons. The number of thiophene rings is 1. The van der Waals surface area contributed by atoms with Crippen LogP contribution in [0.5, 0.6) is 0 Å². The standard InChI is InChI=1S/C17H14ClNO2S2/c1-2-21-15(20)9-14-16(12-7-8-22-10-12)23-17(19-14)11-3-5-13(18)6-4-11/h3-8,10H,2,9H2,1H3. The minimum atomic E-state index is -0.253. The molecular formula is C17H14ClNO2S2. The molecule has 0 radical (unpaired) electrons. The highest BCUT2D eigenvalue weighted by Gasteiger charge is 2.18. The van der Waals surface area contributed by atoms with E-state index in [9.17, 15) is 4.79 Å². The van der Waals surface area contributed by atoms with Crippen molar-refractivity contribution < 1.29 is 9.53 Å². The van der Waals surface area contributed by atoms with E-state index >= 15 is 0 Å². The van der Waals surface area contributed by atoms with Crippen LogP contribution in [0.15, 0.2) is 41.1 Å². The zero-order valence-electron chi connectivity index (χ0n) is 12.4. The molecule has 0 spiro atoms. The van der Waals surface area contributed by atoms with E-state index in [0.717, 1.165) is 26.7 Å². The van der Waals surface area contributed by atoms with E-state index in [1.807, 2.05) is 35.7 Å². The number of hydrogen-bond donors (Lipinski definition) is 0. The van der Waals surface area contributed by atoms with E-state index in [2.05, 4.69) is 10.4 Å². The van der Waals surface area contributed by atoms with Gasteiger partial charge in [0.1, 0.15) is 5.01 Å². The lowest BCUT2D eigenvalue weighted by Gasteiger charge is -2.01. The Labute approximate surface area is 147 Å². The zero-order valence-corrected chi connectivity index (χ0v) is 14.8. The summed E-state index contributed by atoms with van der Waals surface area (Å²) in [6, 6.07) is 9.60. The lowest BCUT2D eigenvalue weighted by Crippen LogP contribution is -2.08. The number of ether oxygens (including phenoxy) is 1.